The van der Waals surface area contributed by atoms with Gasteiger partial charge in [0.2, 0.25) is 0 Å². The molecule has 0 saturated carbocycles. The third kappa shape index (κ3) is 4.94. The maximum absolute atomic E-state index is 6.48. The molecule has 1 saturated heterocycles. The van der Waals surface area contributed by atoms with Crippen LogP contribution in [0.15, 0.2) is 60.8 Å². The highest BCUT2D eigenvalue weighted by atomic mass is 35.5. The van der Waals surface area contributed by atoms with Crippen molar-refractivity contribution in [1.29, 1.82) is 0 Å². The van der Waals surface area contributed by atoms with E-state index in [2.05, 4.69) is 53.5 Å². The van der Waals surface area contributed by atoms with Gasteiger partial charge in [0.05, 0.1) is 5.69 Å². The molecule has 33 heavy (non-hydrogen) atoms. The predicted molar refractivity (Wildman–Crippen MR) is 143 cm³/mol. The maximum atomic E-state index is 6.48. The van der Waals surface area contributed by atoms with Crippen LogP contribution in [-0.4, -0.2) is 54.8 Å². The summed E-state index contributed by atoms with van der Waals surface area (Å²) < 4.78 is 1.91. The Bertz CT molecular complexity index is 1270. The van der Waals surface area contributed by atoms with Crippen LogP contribution in [0.3, 0.4) is 0 Å². The van der Waals surface area contributed by atoms with Gasteiger partial charge in [-0.15, -0.1) is 0 Å². The van der Waals surface area contributed by atoms with Crippen molar-refractivity contribution in [2.45, 2.75) is 19.4 Å². The number of rotatable bonds is 6. The zero-order valence-electron chi connectivity index (χ0n) is 19.3. The van der Waals surface area contributed by atoms with Crippen molar-refractivity contribution >= 4 is 49.7 Å². The number of nitrogens with one attached hydrogen (secondary N) is 1. The van der Waals surface area contributed by atoms with E-state index in [1.807, 2.05) is 42.8 Å². The lowest BCUT2D eigenvalue weighted by molar-refractivity contribution is 0.173. The highest BCUT2D eigenvalue weighted by Gasteiger charge is 2.21. The molecule has 2 aromatic heterocycles. The number of piperidine rings is 1. The molecule has 1 aliphatic rings. The maximum Gasteiger partial charge on any atom is 0.151 e. The number of likely N-dealkylation sites (tertiary alicyclic amines) is 1. The Morgan fingerprint density at radius 1 is 1.09 bits per heavy atom. The van der Waals surface area contributed by atoms with E-state index in [0.717, 1.165) is 47.8 Å². The summed E-state index contributed by atoms with van der Waals surface area (Å²) in [5, 5.41) is 8.96. The van der Waals surface area contributed by atoms with Gasteiger partial charge < -0.3 is 5.32 Å². The van der Waals surface area contributed by atoms with Crippen LogP contribution in [0, 0.1) is 5.92 Å². The molecule has 3 heterocycles. The molecule has 4 aromatic rings. The third-order valence-corrected chi connectivity index (χ3v) is 6.79. The van der Waals surface area contributed by atoms with Crippen LogP contribution in [0.25, 0.3) is 16.9 Å². The van der Waals surface area contributed by atoms with Gasteiger partial charge in [0.15, 0.2) is 5.65 Å². The van der Waals surface area contributed by atoms with Crippen LogP contribution in [0.4, 0.5) is 5.82 Å². The fourth-order valence-electron chi connectivity index (χ4n) is 4.78. The van der Waals surface area contributed by atoms with E-state index in [-0.39, 0.29) is 0 Å². The van der Waals surface area contributed by atoms with E-state index in [0.29, 0.717) is 10.9 Å². The first-order chi connectivity index (χ1) is 16.1. The average molecular weight is 456 g/mol. The lowest BCUT2D eigenvalue weighted by Gasteiger charge is -2.33. The number of fused-ring (bicyclic) bond motifs is 1. The van der Waals surface area contributed by atoms with Gasteiger partial charge in [0.25, 0.3) is 0 Å². The van der Waals surface area contributed by atoms with Gasteiger partial charge in [-0.1, -0.05) is 59.5 Å². The van der Waals surface area contributed by atoms with Gasteiger partial charge in [-0.05, 0) is 42.4 Å². The minimum absolute atomic E-state index is 0.590. The lowest BCUT2D eigenvalue weighted by atomic mass is 9.93. The van der Waals surface area contributed by atoms with E-state index < -0.39 is 0 Å². The molecular weight excluding hydrogens is 427 g/mol. The Kier molecular flexibility index (Phi) is 6.43. The third-order valence-electron chi connectivity index (χ3n) is 6.46. The smallest absolute Gasteiger partial charge is 0.151 e. The molecule has 0 spiro atoms. The summed E-state index contributed by atoms with van der Waals surface area (Å²) in [7, 11) is 4.20. The molecule has 5 rings (SSSR count). The number of hydrogen-bond donors (Lipinski definition) is 1. The number of benzene rings is 2. The fourth-order valence-corrected chi connectivity index (χ4v) is 5.02. The second-order valence-electron chi connectivity index (χ2n) is 9.18. The average Bonchev–Trinajstić information content (AvgIpc) is 3.19. The summed E-state index contributed by atoms with van der Waals surface area (Å²) >= 11 is 6.48. The summed E-state index contributed by atoms with van der Waals surface area (Å²) in [4.78, 5) is 7.44. The van der Waals surface area contributed by atoms with Gasteiger partial charge in [-0.3, -0.25) is 4.90 Å². The first-order valence-electron chi connectivity index (χ1n) is 11.7. The first-order valence-corrected chi connectivity index (χ1v) is 12.1. The van der Waals surface area contributed by atoms with Gasteiger partial charge in [-0.2, -0.15) is 9.61 Å². The normalized spacial score (nSPS) is 16.8. The zero-order valence-corrected chi connectivity index (χ0v) is 20.0. The molecule has 1 N–H and O–H groups in total. The van der Waals surface area contributed by atoms with Crippen molar-refractivity contribution in [3.05, 3.63) is 71.4 Å². The zero-order chi connectivity index (χ0) is 22.8. The van der Waals surface area contributed by atoms with E-state index in [9.17, 15) is 0 Å². The minimum Gasteiger partial charge on any atom is -0.370 e. The van der Waals surface area contributed by atoms with E-state index in [1.165, 1.54) is 30.4 Å². The standard InChI is InChI=1S/C25H28B2ClN5/c26-19-7-3-5-17(11-19)15-32-10-4-6-18(16-32)13-29-24-12-23(20-8-1-2-9-22(20)28)31-25-21(27)14-30-33(24)25/h1-3,5,7-9,11-12,14,18,29H,4,6,10,13,15-16,26-27H2. The number of nitrogens with zero attached hydrogens (tertiary/aromatic N) is 4. The molecule has 8 heteroatoms. The highest BCUT2D eigenvalue weighted by molar-refractivity contribution is 6.36. The van der Waals surface area contributed by atoms with Gasteiger partial charge in [0, 0.05) is 42.5 Å². The summed E-state index contributed by atoms with van der Waals surface area (Å²) in [6, 6.07) is 18.8. The monoisotopic (exact) mass is 455 g/mol. The van der Waals surface area contributed by atoms with Crippen LogP contribution < -0.4 is 16.2 Å². The molecular formula is C25H28B2ClN5. The summed E-state index contributed by atoms with van der Waals surface area (Å²) in [6.07, 6.45) is 4.34. The minimum atomic E-state index is 0.590. The van der Waals surface area contributed by atoms with Crippen LogP contribution in [0.2, 0.25) is 5.02 Å². The second-order valence-corrected chi connectivity index (χ2v) is 9.59. The van der Waals surface area contributed by atoms with Gasteiger partial charge >= 0.3 is 0 Å². The fraction of sp³-hybridized carbons (Fsp3) is 0.280. The molecule has 5 nitrogen and oxygen atoms in total. The number of aromatic nitrogens is 3. The van der Waals surface area contributed by atoms with E-state index >= 15 is 0 Å². The Hall–Kier alpha value is -2.76. The van der Waals surface area contributed by atoms with Crippen molar-refractivity contribution in [2.75, 3.05) is 25.0 Å². The SMILES string of the molecule is Bc1cccc(CN2CCCC(CNc3cc(-c4ccccc4Cl)nc4c(B)cnn34)C2)c1. The molecule has 166 valence electrons. The predicted octanol–water partition coefficient (Wildman–Crippen LogP) is 1.89. The number of hydrogen-bond acceptors (Lipinski definition) is 4. The van der Waals surface area contributed by atoms with Crippen LogP contribution in [-0.2, 0) is 6.54 Å². The molecule has 1 aliphatic heterocycles. The second kappa shape index (κ2) is 9.62. The van der Waals surface area contributed by atoms with Crippen molar-refractivity contribution < 1.29 is 0 Å². The molecule has 0 radical (unpaired) electrons. The Morgan fingerprint density at radius 3 is 2.82 bits per heavy atom. The Labute approximate surface area is 202 Å². The molecule has 0 bridgehead atoms. The molecule has 2 aromatic carbocycles. The lowest BCUT2D eigenvalue weighted by Crippen LogP contribution is -2.37. The number of anilines is 1. The van der Waals surface area contributed by atoms with Crippen molar-refractivity contribution in [3.8, 4) is 11.3 Å². The summed E-state index contributed by atoms with van der Waals surface area (Å²) in [5.74, 6) is 1.55. The van der Waals surface area contributed by atoms with Crippen molar-refractivity contribution in [1.82, 2.24) is 19.5 Å². The molecule has 1 atom stereocenters. The summed E-state index contributed by atoms with van der Waals surface area (Å²) in [5.41, 5.74) is 6.44. The molecule has 1 fully saturated rings. The Morgan fingerprint density at radius 2 is 1.97 bits per heavy atom. The van der Waals surface area contributed by atoms with Crippen LogP contribution >= 0.6 is 11.6 Å². The van der Waals surface area contributed by atoms with Gasteiger partial charge in [0.1, 0.15) is 21.5 Å². The summed E-state index contributed by atoms with van der Waals surface area (Å²) in [6.45, 7) is 4.20. The van der Waals surface area contributed by atoms with E-state index in [4.69, 9.17) is 16.6 Å². The van der Waals surface area contributed by atoms with Crippen molar-refractivity contribution in [3.63, 3.8) is 0 Å². The Balaban J connectivity index is 1.33. The van der Waals surface area contributed by atoms with E-state index in [1.54, 1.807) is 0 Å². The first kappa shape index (κ1) is 22.1. The van der Waals surface area contributed by atoms with Crippen molar-refractivity contribution in [2.24, 2.45) is 5.92 Å². The quantitative estimate of drug-likeness (QED) is 0.451. The highest BCUT2D eigenvalue weighted by Crippen LogP contribution is 2.28. The molecule has 0 amide bonds. The van der Waals surface area contributed by atoms with Crippen LogP contribution in [0.1, 0.15) is 18.4 Å². The van der Waals surface area contributed by atoms with Crippen LogP contribution in [0.5, 0.6) is 0 Å². The molecule has 1 unspecified atom stereocenters. The largest absolute Gasteiger partial charge is 0.370 e. The molecule has 0 aliphatic carbocycles. The number of halogens is 1. The topological polar surface area (TPSA) is 45.5 Å². The van der Waals surface area contributed by atoms with Gasteiger partial charge in [-0.25, -0.2) is 4.98 Å².